The van der Waals surface area contributed by atoms with Gasteiger partial charge < -0.3 is 38.6 Å². The minimum absolute atomic E-state index is 0.0195. The van der Waals surface area contributed by atoms with Gasteiger partial charge in [0.2, 0.25) is 0 Å². The van der Waals surface area contributed by atoms with E-state index in [1.54, 1.807) is 77.0 Å². The number of ether oxygens (including phenoxy) is 6. The van der Waals surface area contributed by atoms with Crippen LogP contribution in [0, 0.1) is 0 Å². The fourth-order valence-corrected chi connectivity index (χ4v) is 5.82. The Kier molecular flexibility index (Phi) is 16.7. The summed E-state index contributed by atoms with van der Waals surface area (Å²) in [4.78, 5) is 14.3. The number of aliphatic hydroxyl groups is 1. The lowest BCUT2D eigenvalue weighted by Crippen LogP contribution is -2.23. The molecule has 52 heavy (non-hydrogen) atoms. The van der Waals surface area contributed by atoms with Crippen molar-refractivity contribution >= 4 is 0 Å². The fraction of sp³-hybridized carbons (Fsp3) is 0.488. The standard InChI is InChI=1S/C41H55N3O8/c1-6-7-8-9-10-11-12-13-14-15-16-23-51-27-29(45)28-52-32-19-20-33(36(46)24-32)39-42-40(34-21-17-30(47-2)25-37(34)49-4)44-41(43-39)35-22-18-31(48-3)26-38(35)50-5/h17-22,24-26,29,45-46H,6-16,23,27-28H2,1-5H3. The van der Waals surface area contributed by atoms with Gasteiger partial charge in [0.25, 0.3) is 0 Å². The van der Waals surface area contributed by atoms with Gasteiger partial charge in [0.1, 0.15) is 47.2 Å². The largest absolute Gasteiger partial charge is 0.507 e. The van der Waals surface area contributed by atoms with E-state index in [2.05, 4.69) is 6.92 Å². The molecule has 0 aliphatic carbocycles. The molecule has 1 atom stereocenters. The van der Waals surface area contributed by atoms with Crippen LogP contribution in [0.15, 0.2) is 54.6 Å². The van der Waals surface area contributed by atoms with Crippen LogP contribution in [0.3, 0.4) is 0 Å². The minimum Gasteiger partial charge on any atom is -0.507 e. The lowest BCUT2D eigenvalue weighted by Gasteiger charge is -2.15. The average molecular weight is 718 g/mol. The molecule has 0 spiro atoms. The molecule has 2 N–H and O–H groups in total. The smallest absolute Gasteiger partial charge is 0.167 e. The maximum absolute atomic E-state index is 11.2. The first kappa shape index (κ1) is 40.2. The molecule has 1 unspecified atom stereocenters. The molecule has 3 aromatic carbocycles. The van der Waals surface area contributed by atoms with Gasteiger partial charge in [-0.25, -0.2) is 15.0 Å². The van der Waals surface area contributed by atoms with E-state index in [9.17, 15) is 10.2 Å². The number of rotatable bonds is 24. The molecule has 0 bridgehead atoms. The second-order valence-corrected chi connectivity index (χ2v) is 12.7. The summed E-state index contributed by atoms with van der Waals surface area (Å²) in [6, 6.07) is 15.5. The van der Waals surface area contributed by atoms with Gasteiger partial charge in [-0.05, 0) is 42.8 Å². The van der Waals surface area contributed by atoms with Crippen molar-refractivity contribution in [1.82, 2.24) is 15.0 Å². The van der Waals surface area contributed by atoms with E-state index >= 15 is 0 Å². The molecule has 0 aliphatic rings. The van der Waals surface area contributed by atoms with Crippen molar-refractivity contribution in [3.63, 3.8) is 0 Å². The summed E-state index contributed by atoms with van der Waals surface area (Å²) in [5, 5.41) is 21.6. The highest BCUT2D eigenvalue weighted by atomic mass is 16.5. The fourth-order valence-electron chi connectivity index (χ4n) is 5.82. The van der Waals surface area contributed by atoms with Crippen LogP contribution in [-0.4, -0.2) is 79.5 Å². The molecule has 0 aliphatic heterocycles. The summed E-state index contributed by atoms with van der Waals surface area (Å²) in [6.07, 6.45) is 13.2. The number of methoxy groups -OCH3 is 4. The zero-order valence-electron chi connectivity index (χ0n) is 31.4. The van der Waals surface area contributed by atoms with Crippen LogP contribution in [0.1, 0.15) is 77.6 Å². The van der Waals surface area contributed by atoms with Crippen LogP contribution in [0.25, 0.3) is 34.2 Å². The van der Waals surface area contributed by atoms with Crippen LogP contribution in [0.2, 0.25) is 0 Å². The first-order valence-electron chi connectivity index (χ1n) is 18.3. The molecule has 0 fully saturated rings. The first-order valence-corrected chi connectivity index (χ1v) is 18.3. The molecule has 1 heterocycles. The van der Waals surface area contributed by atoms with Gasteiger partial charge in [-0.1, -0.05) is 71.1 Å². The predicted molar refractivity (Wildman–Crippen MR) is 203 cm³/mol. The van der Waals surface area contributed by atoms with Crippen LogP contribution >= 0.6 is 0 Å². The summed E-state index contributed by atoms with van der Waals surface area (Å²) in [6.45, 7) is 3.07. The Morgan fingerprint density at radius 1 is 0.538 bits per heavy atom. The second kappa shape index (κ2) is 21.7. The topological polar surface area (TPSA) is 135 Å². The van der Waals surface area contributed by atoms with E-state index in [4.69, 9.17) is 43.4 Å². The minimum atomic E-state index is -0.804. The molecule has 0 radical (unpaired) electrons. The zero-order valence-corrected chi connectivity index (χ0v) is 31.4. The predicted octanol–water partition coefficient (Wildman–Crippen LogP) is 8.68. The zero-order chi connectivity index (χ0) is 37.1. The van der Waals surface area contributed by atoms with E-state index in [0.717, 1.165) is 12.8 Å². The number of aromatic nitrogens is 3. The van der Waals surface area contributed by atoms with Crippen molar-refractivity contribution in [2.45, 2.75) is 83.7 Å². The van der Waals surface area contributed by atoms with Crippen LogP contribution < -0.4 is 23.7 Å². The van der Waals surface area contributed by atoms with E-state index in [-0.39, 0.29) is 24.8 Å². The van der Waals surface area contributed by atoms with E-state index in [1.807, 2.05) is 0 Å². The third kappa shape index (κ3) is 12.0. The Balaban J connectivity index is 1.39. The van der Waals surface area contributed by atoms with Crippen LogP contribution in [-0.2, 0) is 4.74 Å². The molecule has 0 amide bonds. The lowest BCUT2D eigenvalue weighted by atomic mass is 10.1. The van der Waals surface area contributed by atoms with Crippen molar-refractivity contribution in [2.24, 2.45) is 0 Å². The van der Waals surface area contributed by atoms with Gasteiger partial charge in [0.05, 0.1) is 51.7 Å². The third-order valence-corrected chi connectivity index (χ3v) is 8.79. The summed E-state index contributed by atoms with van der Waals surface area (Å²) in [5.74, 6) is 3.34. The van der Waals surface area contributed by atoms with Crippen molar-refractivity contribution < 1.29 is 38.6 Å². The Bertz CT molecular complexity index is 1590. The number of hydrogen-bond acceptors (Lipinski definition) is 11. The lowest BCUT2D eigenvalue weighted by molar-refractivity contribution is 0.0109. The van der Waals surface area contributed by atoms with Crippen LogP contribution in [0.5, 0.6) is 34.5 Å². The normalized spacial score (nSPS) is 11.7. The van der Waals surface area contributed by atoms with Gasteiger partial charge in [0.15, 0.2) is 17.5 Å². The van der Waals surface area contributed by atoms with E-state index in [0.29, 0.717) is 63.7 Å². The number of nitrogens with zero attached hydrogens (tertiary/aromatic N) is 3. The summed E-state index contributed by atoms with van der Waals surface area (Å²) in [5.41, 5.74) is 1.55. The number of hydrogen-bond donors (Lipinski definition) is 2. The number of phenols is 1. The van der Waals surface area contributed by atoms with Crippen LogP contribution in [0.4, 0.5) is 0 Å². The van der Waals surface area contributed by atoms with E-state index in [1.165, 1.54) is 63.9 Å². The molecule has 11 nitrogen and oxygen atoms in total. The summed E-state index contributed by atoms with van der Waals surface area (Å²) in [7, 11) is 6.27. The molecule has 0 saturated heterocycles. The molecule has 4 rings (SSSR count). The van der Waals surface area contributed by atoms with Gasteiger partial charge in [-0.15, -0.1) is 0 Å². The Morgan fingerprint density at radius 2 is 1.00 bits per heavy atom. The van der Waals surface area contributed by atoms with E-state index < -0.39 is 6.10 Å². The average Bonchev–Trinajstić information content (AvgIpc) is 3.18. The molecule has 1 aromatic heterocycles. The molecule has 4 aromatic rings. The van der Waals surface area contributed by atoms with Crippen molar-refractivity contribution in [1.29, 1.82) is 0 Å². The Morgan fingerprint density at radius 3 is 1.48 bits per heavy atom. The summed E-state index contributed by atoms with van der Waals surface area (Å²) < 4.78 is 33.5. The van der Waals surface area contributed by atoms with Gasteiger partial charge in [-0.2, -0.15) is 0 Å². The highest BCUT2D eigenvalue weighted by molar-refractivity contribution is 5.75. The van der Waals surface area contributed by atoms with Gasteiger partial charge >= 0.3 is 0 Å². The molecule has 282 valence electrons. The molecule has 0 saturated carbocycles. The highest BCUT2D eigenvalue weighted by Gasteiger charge is 2.20. The van der Waals surface area contributed by atoms with Gasteiger partial charge in [-0.3, -0.25) is 0 Å². The maximum Gasteiger partial charge on any atom is 0.167 e. The maximum atomic E-state index is 11.2. The monoisotopic (exact) mass is 717 g/mol. The number of aromatic hydroxyl groups is 1. The van der Waals surface area contributed by atoms with Crippen molar-refractivity contribution in [2.75, 3.05) is 48.3 Å². The Hall–Kier alpha value is -4.61. The molecular formula is C41H55N3O8. The number of phenolic OH excluding ortho intramolecular Hbond substituents is 1. The third-order valence-electron chi connectivity index (χ3n) is 8.79. The number of aliphatic hydroxyl groups excluding tert-OH is 1. The Labute approximate surface area is 308 Å². The van der Waals surface area contributed by atoms with Gasteiger partial charge in [0, 0.05) is 24.8 Å². The summed E-state index contributed by atoms with van der Waals surface area (Å²) >= 11 is 0. The second-order valence-electron chi connectivity index (χ2n) is 12.7. The number of unbranched alkanes of at least 4 members (excludes halogenated alkanes) is 10. The van der Waals surface area contributed by atoms with Crippen molar-refractivity contribution in [3.05, 3.63) is 54.6 Å². The quantitative estimate of drug-likeness (QED) is 0.0674. The number of benzene rings is 3. The first-order chi connectivity index (χ1) is 25.4. The highest BCUT2D eigenvalue weighted by Crippen LogP contribution is 2.38. The SMILES string of the molecule is CCCCCCCCCCCCCOCC(O)COc1ccc(-c2nc(-c3ccc(OC)cc3OC)nc(-c3ccc(OC)cc3OC)n2)c(O)c1. The molecular weight excluding hydrogens is 662 g/mol. The molecule has 11 heteroatoms. The van der Waals surface area contributed by atoms with Crippen molar-refractivity contribution in [3.8, 4) is 68.7 Å².